The van der Waals surface area contributed by atoms with Gasteiger partial charge in [-0.15, -0.1) is 0 Å². The first-order valence-corrected chi connectivity index (χ1v) is 11.7. The normalized spacial score (nSPS) is 11.4. The Bertz CT molecular complexity index is 1370. The van der Waals surface area contributed by atoms with E-state index in [4.69, 9.17) is 0 Å². The van der Waals surface area contributed by atoms with Crippen molar-refractivity contribution in [3.05, 3.63) is 84.3 Å². The zero-order valence-corrected chi connectivity index (χ0v) is 19.2. The number of phenols is 1. The molecule has 0 aliphatic carbocycles. The molecule has 0 radical (unpaired) electrons. The number of para-hydroxylation sites is 2. The van der Waals surface area contributed by atoms with Gasteiger partial charge in [-0.3, -0.25) is 9.88 Å². The van der Waals surface area contributed by atoms with Crippen LogP contribution < -0.4 is 4.90 Å². The average Bonchev–Trinajstić information content (AvgIpc) is 2.79. The van der Waals surface area contributed by atoms with Gasteiger partial charge >= 0.3 is 0 Å². The summed E-state index contributed by atoms with van der Waals surface area (Å²) in [6, 6.07) is 19.4. The van der Waals surface area contributed by atoms with E-state index >= 15 is 0 Å². The van der Waals surface area contributed by atoms with Crippen LogP contribution in [-0.4, -0.2) is 44.2 Å². The fraction of sp³-hybridized carbons (Fsp3) is 0.160. The van der Waals surface area contributed by atoms with Gasteiger partial charge in [0.05, 0.1) is 23.6 Å². The topological polar surface area (TPSA) is 73.7 Å². The number of hydrogen-bond donors (Lipinski definition) is 2. The number of anilines is 2. The standard InChI is InChI=1S/C25H24FN3O3S/c1-28(2)16-29(19-7-4-3-5-8-19)24-18(15-33(31)32)14-27-23-12-11-17(13-21(23)24)20-9-6-10-22(26)25(20)30/h3-14,30,33H,15-16H2,1-2H3. The van der Waals surface area contributed by atoms with E-state index < -0.39 is 22.3 Å². The molecular formula is C25H24FN3O3S. The zero-order chi connectivity index (χ0) is 23.5. The van der Waals surface area contributed by atoms with Gasteiger partial charge < -0.3 is 10.0 Å². The summed E-state index contributed by atoms with van der Waals surface area (Å²) in [7, 11) is 1.17. The summed E-state index contributed by atoms with van der Waals surface area (Å²) in [5.41, 5.74) is 3.77. The van der Waals surface area contributed by atoms with E-state index in [-0.39, 0.29) is 5.75 Å². The van der Waals surface area contributed by atoms with Crippen LogP contribution in [-0.2, 0) is 16.5 Å². The third-order valence-electron chi connectivity index (χ3n) is 5.27. The van der Waals surface area contributed by atoms with Crippen LogP contribution in [0.3, 0.4) is 0 Å². The molecule has 0 unspecified atom stereocenters. The van der Waals surface area contributed by atoms with Gasteiger partial charge in [-0.05, 0) is 50.0 Å². The van der Waals surface area contributed by atoms with Crippen molar-refractivity contribution in [2.24, 2.45) is 0 Å². The number of hydrogen-bond acceptors (Lipinski definition) is 6. The Labute approximate surface area is 193 Å². The fourth-order valence-electron chi connectivity index (χ4n) is 3.88. The maximum absolute atomic E-state index is 14.0. The predicted molar refractivity (Wildman–Crippen MR) is 130 cm³/mol. The van der Waals surface area contributed by atoms with Crippen LogP contribution in [0, 0.1) is 5.82 Å². The van der Waals surface area contributed by atoms with Crippen molar-refractivity contribution in [3.8, 4) is 16.9 Å². The Morgan fingerprint density at radius 1 is 1.00 bits per heavy atom. The van der Waals surface area contributed by atoms with Crippen molar-refractivity contribution < 1.29 is 17.9 Å². The number of aromatic hydroxyl groups is 1. The first-order valence-electron chi connectivity index (χ1n) is 10.3. The molecule has 0 amide bonds. The van der Waals surface area contributed by atoms with Crippen LogP contribution >= 0.6 is 0 Å². The highest BCUT2D eigenvalue weighted by molar-refractivity contribution is 7.71. The number of benzene rings is 3. The Hall–Kier alpha value is -3.49. The van der Waals surface area contributed by atoms with Crippen molar-refractivity contribution in [3.63, 3.8) is 0 Å². The van der Waals surface area contributed by atoms with Gasteiger partial charge in [0.2, 0.25) is 0 Å². The molecule has 0 spiro atoms. The number of phenolic OH excluding ortho intramolecular Hbond substituents is 1. The molecule has 0 bridgehead atoms. The van der Waals surface area contributed by atoms with Crippen molar-refractivity contribution in [2.45, 2.75) is 5.75 Å². The number of fused-ring (bicyclic) bond motifs is 1. The molecule has 0 fully saturated rings. The third kappa shape index (κ3) is 4.81. The first kappa shape index (κ1) is 22.7. The summed E-state index contributed by atoms with van der Waals surface area (Å²) in [5, 5.41) is 11.0. The van der Waals surface area contributed by atoms with Crippen LogP contribution in [0.1, 0.15) is 5.56 Å². The van der Waals surface area contributed by atoms with E-state index in [0.29, 0.717) is 39.9 Å². The quantitative estimate of drug-likeness (QED) is 0.309. The lowest BCUT2D eigenvalue weighted by Gasteiger charge is -2.31. The molecule has 3 aromatic carbocycles. The molecule has 1 aromatic heterocycles. The lowest BCUT2D eigenvalue weighted by atomic mass is 10.00. The van der Waals surface area contributed by atoms with Gasteiger partial charge in [0.1, 0.15) is 10.7 Å². The number of aromatic nitrogens is 1. The third-order valence-corrected chi connectivity index (χ3v) is 5.87. The molecule has 0 aliphatic rings. The van der Waals surface area contributed by atoms with Crippen LogP contribution in [0.4, 0.5) is 15.8 Å². The van der Waals surface area contributed by atoms with Gasteiger partial charge in [0.15, 0.2) is 11.6 Å². The Kier molecular flexibility index (Phi) is 6.57. The second-order valence-corrected chi connectivity index (χ2v) is 8.96. The molecule has 8 heteroatoms. The first-order chi connectivity index (χ1) is 15.8. The minimum Gasteiger partial charge on any atom is -0.504 e. The summed E-state index contributed by atoms with van der Waals surface area (Å²) in [5.74, 6) is -1.31. The summed E-state index contributed by atoms with van der Waals surface area (Å²) in [4.78, 5) is 8.50. The Morgan fingerprint density at radius 2 is 1.76 bits per heavy atom. The number of rotatable bonds is 7. The van der Waals surface area contributed by atoms with Crippen LogP contribution in [0.15, 0.2) is 72.9 Å². The molecule has 1 heterocycles. The maximum Gasteiger partial charge on any atom is 0.165 e. The summed E-state index contributed by atoms with van der Waals surface area (Å²) < 4.78 is 37.4. The van der Waals surface area contributed by atoms with Crippen LogP contribution in [0.2, 0.25) is 0 Å². The Balaban J connectivity index is 2.02. The molecule has 0 atom stereocenters. The summed E-state index contributed by atoms with van der Waals surface area (Å²) in [6.45, 7) is 0.487. The van der Waals surface area contributed by atoms with E-state index in [0.717, 1.165) is 5.69 Å². The van der Waals surface area contributed by atoms with Gasteiger partial charge in [-0.25, -0.2) is 12.8 Å². The number of thiol groups is 1. The number of nitrogens with zero attached hydrogens (tertiary/aromatic N) is 3. The van der Waals surface area contributed by atoms with Crippen molar-refractivity contribution in [1.82, 2.24) is 9.88 Å². The molecule has 170 valence electrons. The largest absolute Gasteiger partial charge is 0.504 e. The van der Waals surface area contributed by atoms with Crippen LogP contribution in [0.25, 0.3) is 22.0 Å². The van der Waals surface area contributed by atoms with E-state index in [2.05, 4.69) is 4.98 Å². The molecule has 33 heavy (non-hydrogen) atoms. The molecule has 1 N–H and O–H groups in total. The molecule has 4 aromatic rings. The highest BCUT2D eigenvalue weighted by atomic mass is 32.2. The van der Waals surface area contributed by atoms with Gasteiger partial charge in [-0.2, -0.15) is 0 Å². The lowest BCUT2D eigenvalue weighted by Crippen LogP contribution is -2.30. The SMILES string of the molecule is CN(C)CN(c1ccccc1)c1c(C[SH](=O)=O)cnc2ccc(-c3cccc(F)c3O)cc12. The van der Waals surface area contributed by atoms with E-state index in [1.807, 2.05) is 60.3 Å². The van der Waals surface area contributed by atoms with E-state index in [1.54, 1.807) is 24.4 Å². The molecule has 0 saturated heterocycles. The minimum absolute atomic E-state index is 0.167. The fourth-order valence-corrected chi connectivity index (χ4v) is 4.39. The second-order valence-electron chi connectivity index (χ2n) is 7.98. The lowest BCUT2D eigenvalue weighted by molar-refractivity contribution is 0.418. The molecule has 0 aliphatic heterocycles. The number of pyridine rings is 1. The van der Waals surface area contributed by atoms with E-state index in [1.165, 1.54) is 12.1 Å². The van der Waals surface area contributed by atoms with Crippen molar-refractivity contribution in [1.29, 1.82) is 0 Å². The molecule has 6 nitrogen and oxygen atoms in total. The molecular weight excluding hydrogens is 441 g/mol. The van der Waals surface area contributed by atoms with Gasteiger partial charge in [0, 0.05) is 28.4 Å². The van der Waals surface area contributed by atoms with E-state index in [9.17, 15) is 17.9 Å². The maximum atomic E-state index is 14.0. The highest BCUT2D eigenvalue weighted by Crippen LogP contribution is 2.39. The highest BCUT2D eigenvalue weighted by Gasteiger charge is 2.20. The van der Waals surface area contributed by atoms with Gasteiger partial charge in [-0.1, -0.05) is 36.4 Å². The van der Waals surface area contributed by atoms with Crippen LogP contribution in [0.5, 0.6) is 5.75 Å². The molecule has 0 saturated carbocycles. The number of halogens is 1. The van der Waals surface area contributed by atoms with Crippen molar-refractivity contribution >= 4 is 33.0 Å². The Morgan fingerprint density at radius 3 is 2.45 bits per heavy atom. The van der Waals surface area contributed by atoms with Crippen molar-refractivity contribution in [2.75, 3.05) is 25.7 Å². The molecule has 4 rings (SSSR count). The second kappa shape index (κ2) is 9.56. The van der Waals surface area contributed by atoms with Gasteiger partial charge in [0.25, 0.3) is 0 Å². The zero-order valence-electron chi connectivity index (χ0n) is 18.3. The summed E-state index contributed by atoms with van der Waals surface area (Å²) in [6.07, 6.45) is 1.59. The minimum atomic E-state index is -2.69. The monoisotopic (exact) mass is 465 g/mol. The smallest absolute Gasteiger partial charge is 0.165 e. The summed E-state index contributed by atoms with van der Waals surface area (Å²) >= 11 is 0. The predicted octanol–water partition coefficient (Wildman–Crippen LogP) is 4.52. The average molecular weight is 466 g/mol.